The van der Waals surface area contributed by atoms with Gasteiger partial charge in [0.1, 0.15) is 5.82 Å². The number of benzene rings is 3. The quantitative estimate of drug-likeness (QED) is 0.285. The van der Waals surface area contributed by atoms with Gasteiger partial charge in [-0.25, -0.2) is 9.07 Å². The summed E-state index contributed by atoms with van der Waals surface area (Å²) in [5.74, 6) is -0.592. The lowest BCUT2D eigenvalue weighted by molar-refractivity contribution is 0.0728. The molecule has 2 heterocycles. The molecule has 36 heavy (non-hydrogen) atoms. The third kappa shape index (κ3) is 4.48. The Labute approximate surface area is 218 Å². The maximum atomic E-state index is 14.0. The van der Waals surface area contributed by atoms with Crippen LogP contribution in [-0.2, 0) is 6.42 Å². The summed E-state index contributed by atoms with van der Waals surface area (Å²) in [4.78, 5) is 15.7. The van der Waals surface area contributed by atoms with Gasteiger partial charge in [0.2, 0.25) is 0 Å². The molecular weight excluding hydrogens is 498 g/mol. The standard InChI is InChI=1S/C28H21Cl2FN4O/c29-20-11-7-19(8-12-20)27-22(15-16-32)26(33-35(27)25-5-2-1-4-23(25)30)28(36)34-17-3-6-24(34)18-9-13-21(31)14-10-18/h1-2,4-5,7-14,24H,3,6,15,17H2. The van der Waals surface area contributed by atoms with Crippen molar-refractivity contribution < 1.29 is 9.18 Å². The number of rotatable bonds is 5. The summed E-state index contributed by atoms with van der Waals surface area (Å²) >= 11 is 12.7. The van der Waals surface area contributed by atoms with Gasteiger partial charge in [-0.3, -0.25) is 4.79 Å². The molecule has 8 heteroatoms. The number of hydrogen-bond donors (Lipinski definition) is 0. The number of carbonyl (C=O) groups is 1. The van der Waals surface area contributed by atoms with E-state index in [2.05, 4.69) is 6.07 Å². The summed E-state index contributed by atoms with van der Waals surface area (Å²) in [5, 5.41) is 15.5. The van der Waals surface area contributed by atoms with Gasteiger partial charge in [0, 0.05) is 22.7 Å². The molecule has 1 amide bonds. The topological polar surface area (TPSA) is 61.9 Å². The molecule has 5 nitrogen and oxygen atoms in total. The minimum atomic E-state index is -0.322. The van der Waals surface area contributed by atoms with E-state index in [1.807, 2.05) is 30.3 Å². The van der Waals surface area contributed by atoms with E-state index in [1.54, 1.807) is 39.9 Å². The zero-order valence-electron chi connectivity index (χ0n) is 19.2. The Hall–Kier alpha value is -3.66. The lowest BCUT2D eigenvalue weighted by Crippen LogP contribution is -2.31. The molecule has 4 aromatic rings. The van der Waals surface area contributed by atoms with Crippen LogP contribution in [0.1, 0.15) is 40.5 Å². The number of amides is 1. The second kappa shape index (κ2) is 10.1. The molecule has 1 atom stereocenters. The number of halogens is 3. The van der Waals surface area contributed by atoms with Gasteiger partial charge in [0.05, 0.1) is 34.9 Å². The number of nitrogens with zero attached hydrogens (tertiary/aromatic N) is 4. The Morgan fingerprint density at radius 2 is 1.78 bits per heavy atom. The van der Waals surface area contributed by atoms with Gasteiger partial charge in [-0.2, -0.15) is 10.4 Å². The second-order valence-corrected chi connectivity index (χ2v) is 9.43. The van der Waals surface area contributed by atoms with E-state index >= 15 is 0 Å². The summed E-state index contributed by atoms with van der Waals surface area (Å²) in [5.41, 5.74) is 3.56. The van der Waals surface area contributed by atoms with Crippen LogP contribution in [0.3, 0.4) is 0 Å². The second-order valence-electron chi connectivity index (χ2n) is 8.59. The van der Waals surface area contributed by atoms with Crippen molar-refractivity contribution in [2.24, 2.45) is 0 Å². The molecule has 180 valence electrons. The minimum absolute atomic E-state index is 0.0153. The fraction of sp³-hybridized carbons (Fsp3) is 0.179. The van der Waals surface area contributed by atoms with E-state index in [1.165, 1.54) is 12.1 Å². The van der Waals surface area contributed by atoms with E-state index in [0.717, 1.165) is 24.0 Å². The molecule has 3 aromatic carbocycles. The van der Waals surface area contributed by atoms with Crippen LogP contribution in [0.4, 0.5) is 4.39 Å². The summed E-state index contributed by atoms with van der Waals surface area (Å²) in [6, 6.07) is 22.6. The molecular formula is C28H21Cl2FN4O. The number of likely N-dealkylation sites (tertiary alicyclic amines) is 1. The normalized spacial score (nSPS) is 15.2. The van der Waals surface area contributed by atoms with Gasteiger partial charge in [0.25, 0.3) is 5.91 Å². The highest BCUT2D eigenvalue weighted by molar-refractivity contribution is 6.32. The van der Waals surface area contributed by atoms with Crippen LogP contribution in [-0.4, -0.2) is 27.1 Å². The Morgan fingerprint density at radius 3 is 2.47 bits per heavy atom. The van der Waals surface area contributed by atoms with E-state index in [-0.39, 0.29) is 29.9 Å². The molecule has 0 saturated carbocycles. The third-order valence-corrected chi connectivity index (χ3v) is 6.98. The first kappa shape index (κ1) is 24.1. The number of hydrogen-bond acceptors (Lipinski definition) is 3. The zero-order valence-corrected chi connectivity index (χ0v) is 20.7. The van der Waals surface area contributed by atoms with E-state index in [9.17, 15) is 14.4 Å². The zero-order chi connectivity index (χ0) is 25.2. The van der Waals surface area contributed by atoms with E-state index in [4.69, 9.17) is 28.3 Å². The SMILES string of the molecule is N#CCc1c(C(=O)N2CCCC2c2ccc(F)cc2)nn(-c2ccccc2Cl)c1-c1ccc(Cl)cc1. The lowest BCUT2D eigenvalue weighted by Gasteiger charge is -2.24. The van der Waals surface area contributed by atoms with Crippen LogP contribution in [0.2, 0.25) is 10.0 Å². The average Bonchev–Trinajstić information content (AvgIpc) is 3.51. The third-order valence-electron chi connectivity index (χ3n) is 6.41. The van der Waals surface area contributed by atoms with Gasteiger partial charge in [-0.15, -0.1) is 0 Å². The molecule has 0 spiro atoms. The molecule has 1 aliphatic heterocycles. The molecule has 1 saturated heterocycles. The summed E-state index contributed by atoms with van der Waals surface area (Å²) in [6.45, 7) is 0.544. The van der Waals surface area contributed by atoms with Crippen molar-refractivity contribution in [2.45, 2.75) is 25.3 Å². The van der Waals surface area contributed by atoms with Gasteiger partial charge in [-0.05, 0) is 54.8 Å². The molecule has 1 aliphatic rings. The first-order chi connectivity index (χ1) is 17.5. The highest BCUT2D eigenvalue weighted by atomic mass is 35.5. The fourth-order valence-corrected chi connectivity index (χ4v) is 5.09. The Balaban J connectivity index is 1.67. The smallest absolute Gasteiger partial charge is 0.275 e. The minimum Gasteiger partial charge on any atom is -0.330 e. The van der Waals surface area contributed by atoms with Crippen molar-refractivity contribution in [3.8, 4) is 23.0 Å². The molecule has 5 rings (SSSR count). The summed E-state index contributed by atoms with van der Waals surface area (Å²) < 4.78 is 15.1. The number of nitriles is 1. The Morgan fingerprint density at radius 1 is 1.06 bits per heavy atom. The lowest BCUT2D eigenvalue weighted by atomic mass is 10.0. The molecule has 1 fully saturated rings. The molecule has 0 bridgehead atoms. The maximum absolute atomic E-state index is 14.0. The first-order valence-corrected chi connectivity index (χ1v) is 12.3. The Kier molecular flexibility index (Phi) is 6.77. The van der Waals surface area contributed by atoms with Gasteiger partial charge in [-0.1, -0.05) is 59.6 Å². The van der Waals surface area contributed by atoms with Crippen LogP contribution in [0.15, 0.2) is 72.8 Å². The van der Waals surface area contributed by atoms with Crippen LogP contribution < -0.4 is 0 Å². The monoisotopic (exact) mass is 518 g/mol. The van der Waals surface area contributed by atoms with Crippen molar-refractivity contribution in [3.05, 3.63) is 105 Å². The van der Waals surface area contributed by atoms with Crippen molar-refractivity contribution in [3.63, 3.8) is 0 Å². The van der Waals surface area contributed by atoms with Crippen molar-refractivity contribution in [2.75, 3.05) is 6.54 Å². The van der Waals surface area contributed by atoms with Gasteiger partial charge >= 0.3 is 0 Å². The van der Waals surface area contributed by atoms with Crippen molar-refractivity contribution >= 4 is 29.1 Å². The molecule has 1 aromatic heterocycles. The first-order valence-electron chi connectivity index (χ1n) is 11.5. The predicted molar refractivity (Wildman–Crippen MR) is 138 cm³/mol. The van der Waals surface area contributed by atoms with Crippen LogP contribution in [0.25, 0.3) is 16.9 Å². The summed E-state index contributed by atoms with van der Waals surface area (Å²) in [6.07, 6.45) is 1.56. The van der Waals surface area contributed by atoms with Gasteiger partial charge < -0.3 is 4.90 Å². The molecule has 0 radical (unpaired) electrons. The van der Waals surface area contributed by atoms with Crippen LogP contribution in [0.5, 0.6) is 0 Å². The number of para-hydroxylation sites is 1. The number of aromatic nitrogens is 2. The average molecular weight is 519 g/mol. The van der Waals surface area contributed by atoms with Crippen molar-refractivity contribution in [1.29, 1.82) is 5.26 Å². The van der Waals surface area contributed by atoms with Gasteiger partial charge in [0.15, 0.2) is 5.69 Å². The fourth-order valence-electron chi connectivity index (χ4n) is 4.75. The largest absolute Gasteiger partial charge is 0.330 e. The van der Waals surface area contributed by atoms with Crippen LogP contribution in [0, 0.1) is 17.1 Å². The number of carbonyl (C=O) groups excluding carboxylic acids is 1. The van der Waals surface area contributed by atoms with Crippen LogP contribution >= 0.6 is 23.2 Å². The summed E-state index contributed by atoms with van der Waals surface area (Å²) in [7, 11) is 0. The van der Waals surface area contributed by atoms with E-state index < -0.39 is 0 Å². The van der Waals surface area contributed by atoms with E-state index in [0.29, 0.717) is 33.5 Å². The molecule has 0 aliphatic carbocycles. The predicted octanol–water partition coefficient (Wildman–Crippen LogP) is 7.03. The Bertz CT molecular complexity index is 1460. The molecule has 0 N–H and O–H groups in total. The van der Waals surface area contributed by atoms with Crippen molar-refractivity contribution in [1.82, 2.24) is 14.7 Å². The highest BCUT2D eigenvalue weighted by Crippen LogP contribution is 2.37. The maximum Gasteiger partial charge on any atom is 0.275 e. The highest BCUT2D eigenvalue weighted by Gasteiger charge is 2.35. The molecule has 1 unspecified atom stereocenters.